The minimum Gasteiger partial charge on any atom is -0.494 e. The first-order valence-electron chi connectivity index (χ1n) is 6.24. The van der Waals surface area contributed by atoms with Gasteiger partial charge in [0.2, 0.25) is 11.8 Å². The maximum absolute atomic E-state index is 11.6. The van der Waals surface area contributed by atoms with E-state index in [-0.39, 0.29) is 17.7 Å². The van der Waals surface area contributed by atoms with E-state index < -0.39 is 0 Å². The van der Waals surface area contributed by atoms with Gasteiger partial charge in [-0.05, 0) is 37.5 Å². The molecule has 1 aliphatic rings. The van der Waals surface area contributed by atoms with Crippen LogP contribution in [0, 0.1) is 5.92 Å². The third-order valence-electron chi connectivity index (χ3n) is 3.07. The molecule has 4 nitrogen and oxygen atoms in total. The Morgan fingerprint density at radius 3 is 2.61 bits per heavy atom. The Hall–Kier alpha value is -1.84. The predicted molar refractivity (Wildman–Crippen MR) is 67.2 cm³/mol. The molecule has 4 heteroatoms. The standard InChI is InChI=1S/C14H17NO3/c1-2-18-12-6-3-10(4-7-12)9-11-5-8-13(16)15-14(11)17/h3-4,6-7,11H,2,5,8-9H2,1H3,(H,15,16,17)/t11-/m1/s1. The lowest BCUT2D eigenvalue weighted by Gasteiger charge is -2.20. The molecular weight excluding hydrogens is 230 g/mol. The fourth-order valence-corrected chi connectivity index (χ4v) is 2.11. The average molecular weight is 247 g/mol. The molecule has 2 rings (SSSR count). The van der Waals surface area contributed by atoms with Crippen molar-refractivity contribution in [1.29, 1.82) is 0 Å². The normalized spacial score (nSPS) is 19.5. The van der Waals surface area contributed by atoms with Gasteiger partial charge in [-0.3, -0.25) is 14.9 Å². The van der Waals surface area contributed by atoms with E-state index in [2.05, 4.69) is 5.32 Å². The first-order chi connectivity index (χ1) is 8.69. The number of benzene rings is 1. The Kier molecular flexibility index (Phi) is 3.97. The molecule has 0 spiro atoms. The van der Waals surface area contributed by atoms with Gasteiger partial charge in [-0.25, -0.2) is 0 Å². The molecule has 96 valence electrons. The minimum absolute atomic E-state index is 0.0966. The van der Waals surface area contributed by atoms with E-state index in [1.165, 1.54) is 0 Å². The van der Waals surface area contributed by atoms with Crippen molar-refractivity contribution in [3.63, 3.8) is 0 Å². The topological polar surface area (TPSA) is 55.4 Å². The number of nitrogens with one attached hydrogen (secondary N) is 1. The molecule has 1 aromatic carbocycles. The van der Waals surface area contributed by atoms with Gasteiger partial charge in [0.1, 0.15) is 5.75 Å². The molecular formula is C14H17NO3. The van der Waals surface area contributed by atoms with Crippen molar-refractivity contribution in [2.75, 3.05) is 6.61 Å². The Labute approximate surface area is 106 Å². The van der Waals surface area contributed by atoms with Gasteiger partial charge in [-0.2, -0.15) is 0 Å². The smallest absolute Gasteiger partial charge is 0.230 e. The highest BCUT2D eigenvalue weighted by Gasteiger charge is 2.26. The van der Waals surface area contributed by atoms with Crippen LogP contribution in [-0.2, 0) is 16.0 Å². The summed E-state index contributed by atoms with van der Waals surface area (Å²) in [6.45, 7) is 2.59. The van der Waals surface area contributed by atoms with Crippen LogP contribution in [0.25, 0.3) is 0 Å². The summed E-state index contributed by atoms with van der Waals surface area (Å²) < 4.78 is 5.36. The first-order valence-corrected chi connectivity index (χ1v) is 6.24. The number of carbonyl (C=O) groups excluding carboxylic acids is 2. The quantitative estimate of drug-likeness (QED) is 0.824. The highest BCUT2D eigenvalue weighted by atomic mass is 16.5. The molecule has 0 aromatic heterocycles. The van der Waals surface area contributed by atoms with Crippen LogP contribution in [0.4, 0.5) is 0 Å². The van der Waals surface area contributed by atoms with Crippen LogP contribution in [0.2, 0.25) is 0 Å². The van der Waals surface area contributed by atoms with Crippen molar-refractivity contribution in [1.82, 2.24) is 5.32 Å². The predicted octanol–water partition coefficient (Wildman–Crippen LogP) is 1.68. The van der Waals surface area contributed by atoms with Gasteiger partial charge in [0.05, 0.1) is 6.61 Å². The van der Waals surface area contributed by atoms with Gasteiger partial charge in [0, 0.05) is 12.3 Å². The molecule has 1 aliphatic heterocycles. The molecule has 0 unspecified atom stereocenters. The number of ether oxygens (including phenoxy) is 1. The molecule has 1 N–H and O–H groups in total. The lowest BCUT2D eigenvalue weighted by Crippen LogP contribution is -2.41. The van der Waals surface area contributed by atoms with Crippen LogP contribution < -0.4 is 10.1 Å². The second-order valence-electron chi connectivity index (χ2n) is 4.43. The van der Waals surface area contributed by atoms with E-state index in [1.807, 2.05) is 31.2 Å². The van der Waals surface area contributed by atoms with Crippen molar-refractivity contribution < 1.29 is 14.3 Å². The summed E-state index contributed by atoms with van der Waals surface area (Å²) >= 11 is 0. The van der Waals surface area contributed by atoms with Crippen molar-refractivity contribution in [2.45, 2.75) is 26.2 Å². The summed E-state index contributed by atoms with van der Waals surface area (Å²) in [5.41, 5.74) is 1.09. The Morgan fingerprint density at radius 1 is 1.28 bits per heavy atom. The molecule has 1 aromatic rings. The maximum atomic E-state index is 11.6. The van der Waals surface area contributed by atoms with E-state index in [1.54, 1.807) is 0 Å². The highest BCUT2D eigenvalue weighted by molar-refractivity contribution is 5.98. The number of amides is 2. The van der Waals surface area contributed by atoms with Crippen molar-refractivity contribution >= 4 is 11.8 Å². The zero-order valence-corrected chi connectivity index (χ0v) is 10.4. The molecule has 1 heterocycles. The van der Waals surface area contributed by atoms with Crippen LogP contribution in [-0.4, -0.2) is 18.4 Å². The summed E-state index contributed by atoms with van der Waals surface area (Å²) in [4.78, 5) is 22.7. The summed E-state index contributed by atoms with van der Waals surface area (Å²) in [5.74, 6) is 0.424. The second kappa shape index (κ2) is 5.67. The SMILES string of the molecule is CCOc1ccc(C[C@H]2CCC(=O)NC2=O)cc1. The molecule has 1 saturated heterocycles. The Morgan fingerprint density at radius 2 is 2.00 bits per heavy atom. The fourth-order valence-electron chi connectivity index (χ4n) is 2.11. The molecule has 18 heavy (non-hydrogen) atoms. The Balaban J connectivity index is 1.96. The number of rotatable bonds is 4. The van der Waals surface area contributed by atoms with E-state index in [0.717, 1.165) is 11.3 Å². The number of carbonyl (C=O) groups is 2. The van der Waals surface area contributed by atoms with Gasteiger partial charge in [-0.15, -0.1) is 0 Å². The summed E-state index contributed by atoms with van der Waals surface area (Å²) in [6, 6.07) is 7.75. The fraction of sp³-hybridized carbons (Fsp3) is 0.429. The van der Waals surface area contributed by atoms with Crippen molar-refractivity contribution in [2.24, 2.45) is 5.92 Å². The molecule has 1 fully saturated rings. The second-order valence-corrected chi connectivity index (χ2v) is 4.43. The summed E-state index contributed by atoms with van der Waals surface area (Å²) in [5, 5.41) is 2.38. The van der Waals surface area contributed by atoms with E-state index in [0.29, 0.717) is 25.9 Å². The molecule has 2 amide bonds. The van der Waals surface area contributed by atoms with Crippen LogP contribution in [0.1, 0.15) is 25.3 Å². The number of hydrogen-bond acceptors (Lipinski definition) is 3. The van der Waals surface area contributed by atoms with Crippen LogP contribution in [0.5, 0.6) is 5.75 Å². The van der Waals surface area contributed by atoms with Gasteiger partial charge >= 0.3 is 0 Å². The van der Waals surface area contributed by atoms with Gasteiger partial charge in [-0.1, -0.05) is 12.1 Å². The van der Waals surface area contributed by atoms with E-state index in [9.17, 15) is 9.59 Å². The molecule has 0 aliphatic carbocycles. The summed E-state index contributed by atoms with van der Waals surface area (Å²) in [7, 11) is 0. The lowest BCUT2D eigenvalue weighted by atomic mass is 9.91. The number of piperidine rings is 1. The van der Waals surface area contributed by atoms with Gasteiger partial charge in [0.25, 0.3) is 0 Å². The number of imide groups is 1. The molecule has 0 bridgehead atoms. The van der Waals surface area contributed by atoms with Crippen LogP contribution in [0.3, 0.4) is 0 Å². The molecule has 1 atom stereocenters. The molecule has 0 radical (unpaired) electrons. The number of hydrogen-bond donors (Lipinski definition) is 1. The van der Waals surface area contributed by atoms with Gasteiger partial charge in [0.15, 0.2) is 0 Å². The van der Waals surface area contributed by atoms with E-state index >= 15 is 0 Å². The zero-order chi connectivity index (χ0) is 13.0. The Bertz CT molecular complexity index is 439. The summed E-state index contributed by atoms with van der Waals surface area (Å²) in [6.07, 6.45) is 1.75. The first kappa shape index (κ1) is 12.6. The average Bonchev–Trinajstić information content (AvgIpc) is 2.35. The third-order valence-corrected chi connectivity index (χ3v) is 3.07. The third kappa shape index (κ3) is 3.09. The minimum atomic E-state index is -0.164. The van der Waals surface area contributed by atoms with Gasteiger partial charge < -0.3 is 4.74 Å². The van der Waals surface area contributed by atoms with Crippen LogP contribution >= 0.6 is 0 Å². The van der Waals surface area contributed by atoms with Crippen molar-refractivity contribution in [3.8, 4) is 5.75 Å². The van der Waals surface area contributed by atoms with Crippen molar-refractivity contribution in [3.05, 3.63) is 29.8 Å². The highest BCUT2D eigenvalue weighted by Crippen LogP contribution is 2.20. The monoisotopic (exact) mass is 247 g/mol. The zero-order valence-electron chi connectivity index (χ0n) is 10.4. The largest absolute Gasteiger partial charge is 0.494 e. The molecule has 0 saturated carbocycles. The van der Waals surface area contributed by atoms with E-state index in [4.69, 9.17) is 4.74 Å². The maximum Gasteiger partial charge on any atom is 0.230 e. The van der Waals surface area contributed by atoms with Crippen LogP contribution in [0.15, 0.2) is 24.3 Å². The lowest BCUT2D eigenvalue weighted by molar-refractivity contribution is -0.136.